The number of ether oxygens (including phenoxy) is 2. The molecule has 0 heterocycles. The Labute approximate surface area is 155 Å². The minimum Gasteiger partial charge on any atom is -0.497 e. The van der Waals surface area contributed by atoms with Gasteiger partial charge in [0.15, 0.2) is 6.10 Å². The molecular weight excluding hydrogens is 326 g/mol. The molecule has 4 heteroatoms. The number of benzene rings is 2. The van der Waals surface area contributed by atoms with Crippen molar-refractivity contribution in [2.24, 2.45) is 0 Å². The molecule has 0 aromatic heterocycles. The highest BCUT2D eigenvalue weighted by molar-refractivity contribution is 5.81. The molecule has 0 unspecified atom stereocenters. The number of rotatable bonds is 6. The third-order valence-corrected chi connectivity index (χ3v) is 5.00. The molecule has 0 aliphatic heterocycles. The quantitative estimate of drug-likeness (QED) is 0.846. The minimum absolute atomic E-state index is 0.0934. The van der Waals surface area contributed by atoms with Crippen LogP contribution in [0.4, 0.5) is 0 Å². The molecule has 1 aliphatic rings. The number of carbonyl (C=O) groups is 1. The Morgan fingerprint density at radius 2 is 1.77 bits per heavy atom. The number of nitrogens with one attached hydrogen (secondary N) is 1. The SMILES string of the molecule is COc1ccc([C@@H](C)NC(=O)[C@@H](C)Oc2cccc3c2CCCC3)cc1. The maximum Gasteiger partial charge on any atom is 0.261 e. The fourth-order valence-corrected chi connectivity index (χ4v) is 3.41. The lowest BCUT2D eigenvalue weighted by molar-refractivity contribution is -0.127. The standard InChI is InChI=1S/C22H27NO3/c1-15(17-11-13-19(25-3)14-12-17)23-22(24)16(2)26-21-10-6-8-18-7-4-5-9-20(18)21/h6,8,10-16H,4-5,7,9H2,1-3H3,(H,23,24)/t15-,16-/m1/s1. The van der Waals surface area contributed by atoms with Gasteiger partial charge in [-0.15, -0.1) is 0 Å². The highest BCUT2D eigenvalue weighted by Gasteiger charge is 2.21. The molecule has 26 heavy (non-hydrogen) atoms. The summed E-state index contributed by atoms with van der Waals surface area (Å²) in [6, 6.07) is 13.8. The van der Waals surface area contributed by atoms with Crippen LogP contribution in [-0.2, 0) is 17.6 Å². The lowest BCUT2D eigenvalue weighted by atomic mass is 9.91. The average molecular weight is 353 g/mol. The number of carbonyl (C=O) groups excluding carboxylic acids is 1. The second-order valence-corrected chi connectivity index (χ2v) is 6.86. The zero-order valence-corrected chi connectivity index (χ0v) is 15.7. The Bertz CT molecular complexity index is 754. The van der Waals surface area contributed by atoms with Crippen molar-refractivity contribution in [3.8, 4) is 11.5 Å². The lowest BCUT2D eigenvalue weighted by Crippen LogP contribution is -2.38. The van der Waals surface area contributed by atoms with Crippen LogP contribution in [0.25, 0.3) is 0 Å². The van der Waals surface area contributed by atoms with E-state index in [0.29, 0.717) is 0 Å². The van der Waals surface area contributed by atoms with Gasteiger partial charge >= 0.3 is 0 Å². The zero-order chi connectivity index (χ0) is 18.5. The molecule has 0 spiro atoms. The number of amides is 1. The Hall–Kier alpha value is -2.49. The van der Waals surface area contributed by atoms with Crippen LogP contribution in [0.15, 0.2) is 42.5 Å². The van der Waals surface area contributed by atoms with Crippen LogP contribution in [0, 0.1) is 0 Å². The second-order valence-electron chi connectivity index (χ2n) is 6.86. The van der Waals surface area contributed by atoms with E-state index in [1.807, 2.05) is 43.3 Å². The predicted octanol–water partition coefficient (Wildman–Crippen LogP) is 4.22. The summed E-state index contributed by atoms with van der Waals surface area (Å²) in [6.45, 7) is 3.77. The molecule has 2 aromatic carbocycles. The van der Waals surface area contributed by atoms with Crippen molar-refractivity contribution in [3.63, 3.8) is 0 Å². The van der Waals surface area contributed by atoms with Gasteiger partial charge in [0.1, 0.15) is 11.5 Å². The first-order chi connectivity index (χ1) is 12.6. The molecule has 0 saturated heterocycles. The first-order valence-corrected chi connectivity index (χ1v) is 9.30. The van der Waals surface area contributed by atoms with Crippen LogP contribution in [0.1, 0.15) is 49.4 Å². The van der Waals surface area contributed by atoms with E-state index in [2.05, 4.69) is 11.4 Å². The maximum atomic E-state index is 12.6. The Morgan fingerprint density at radius 3 is 2.50 bits per heavy atom. The number of methoxy groups -OCH3 is 1. The molecule has 1 amide bonds. The molecule has 2 aromatic rings. The smallest absolute Gasteiger partial charge is 0.261 e. The van der Waals surface area contributed by atoms with Crippen molar-refractivity contribution in [1.29, 1.82) is 0 Å². The summed E-state index contributed by atoms with van der Waals surface area (Å²) in [7, 11) is 1.64. The zero-order valence-electron chi connectivity index (χ0n) is 15.7. The van der Waals surface area contributed by atoms with Crippen LogP contribution in [0.5, 0.6) is 11.5 Å². The summed E-state index contributed by atoms with van der Waals surface area (Å²) in [5.41, 5.74) is 3.65. The molecule has 138 valence electrons. The summed E-state index contributed by atoms with van der Waals surface area (Å²) in [5.74, 6) is 1.54. The van der Waals surface area contributed by atoms with Crippen molar-refractivity contribution >= 4 is 5.91 Å². The van der Waals surface area contributed by atoms with Crippen molar-refractivity contribution in [1.82, 2.24) is 5.32 Å². The predicted molar refractivity (Wildman–Crippen MR) is 103 cm³/mol. The van der Waals surface area contributed by atoms with Gasteiger partial charge in [0.2, 0.25) is 0 Å². The number of fused-ring (bicyclic) bond motifs is 1. The molecule has 0 radical (unpaired) electrons. The van der Waals surface area contributed by atoms with Crippen molar-refractivity contribution < 1.29 is 14.3 Å². The van der Waals surface area contributed by atoms with Crippen molar-refractivity contribution in [2.75, 3.05) is 7.11 Å². The van der Waals surface area contributed by atoms with Gasteiger partial charge in [0.25, 0.3) is 5.91 Å². The van der Waals surface area contributed by atoms with Crippen molar-refractivity contribution in [3.05, 3.63) is 59.2 Å². The van der Waals surface area contributed by atoms with E-state index in [-0.39, 0.29) is 11.9 Å². The Morgan fingerprint density at radius 1 is 1.04 bits per heavy atom. The summed E-state index contributed by atoms with van der Waals surface area (Å²) in [4.78, 5) is 12.6. The molecule has 2 atom stereocenters. The highest BCUT2D eigenvalue weighted by Crippen LogP contribution is 2.30. The van der Waals surface area contributed by atoms with E-state index in [0.717, 1.165) is 29.9 Å². The maximum absolute atomic E-state index is 12.6. The molecule has 3 rings (SSSR count). The van der Waals surface area contributed by atoms with Crippen LogP contribution in [0.3, 0.4) is 0 Å². The van der Waals surface area contributed by atoms with Gasteiger partial charge in [0.05, 0.1) is 13.2 Å². The highest BCUT2D eigenvalue weighted by atomic mass is 16.5. The second kappa shape index (κ2) is 8.26. The number of hydrogen-bond acceptors (Lipinski definition) is 3. The largest absolute Gasteiger partial charge is 0.497 e. The molecule has 0 fully saturated rings. The van der Waals surface area contributed by atoms with E-state index < -0.39 is 6.10 Å². The van der Waals surface area contributed by atoms with E-state index in [9.17, 15) is 4.79 Å². The van der Waals surface area contributed by atoms with Gasteiger partial charge < -0.3 is 14.8 Å². The van der Waals surface area contributed by atoms with E-state index in [4.69, 9.17) is 9.47 Å². The third kappa shape index (κ3) is 4.18. The fourth-order valence-electron chi connectivity index (χ4n) is 3.41. The number of aryl methyl sites for hydroxylation is 1. The van der Waals surface area contributed by atoms with Gasteiger partial charge in [-0.05, 0) is 74.4 Å². The Balaban J connectivity index is 1.62. The van der Waals surface area contributed by atoms with Gasteiger partial charge in [-0.25, -0.2) is 0 Å². The molecule has 1 aliphatic carbocycles. The summed E-state index contributed by atoms with van der Waals surface area (Å²) in [5, 5.41) is 3.03. The molecule has 0 saturated carbocycles. The van der Waals surface area contributed by atoms with E-state index >= 15 is 0 Å². The van der Waals surface area contributed by atoms with Gasteiger partial charge in [0, 0.05) is 0 Å². The molecule has 1 N–H and O–H groups in total. The molecular formula is C22H27NO3. The minimum atomic E-state index is -0.538. The average Bonchev–Trinajstić information content (AvgIpc) is 2.68. The molecule has 0 bridgehead atoms. The summed E-state index contributed by atoms with van der Waals surface area (Å²) >= 11 is 0. The normalized spacial score (nSPS) is 15.5. The lowest BCUT2D eigenvalue weighted by Gasteiger charge is -2.23. The summed E-state index contributed by atoms with van der Waals surface area (Å²) in [6.07, 6.45) is 4.00. The van der Waals surface area contributed by atoms with Gasteiger partial charge in [-0.3, -0.25) is 4.79 Å². The van der Waals surface area contributed by atoms with Gasteiger partial charge in [-0.1, -0.05) is 24.3 Å². The molecule has 4 nitrogen and oxygen atoms in total. The third-order valence-electron chi connectivity index (χ3n) is 5.00. The monoisotopic (exact) mass is 353 g/mol. The van der Waals surface area contributed by atoms with Crippen LogP contribution < -0.4 is 14.8 Å². The topological polar surface area (TPSA) is 47.6 Å². The van der Waals surface area contributed by atoms with Crippen LogP contribution in [-0.4, -0.2) is 19.1 Å². The van der Waals surface area contributed by atoms with Crippen molar-refractivity contribution in [2.45, 2.75) is 51.7 Å². The first kappa shape index (κ1) is 18.3. The van der Waals surface area contributed by atoms with Crippen LogP contribution >= 0.6 is 0 Å². The van der Waals surface area contributed by atoms with Gasteiger partial charge in [-0.2, -0.15) is 0 Å². The van der Waals surface area contributed by atoms with Crippen LogP contribution in [0.2, 0.25) is 0 Å². The first-order valence-electron chi connectivity index (χ1n) is 9.30. The number of hydrogen-bond donors (Lipinski definition) is 1. The van der Waals surface area contributed by atoms with E-state index in [1.165, 1.54) is 24.0 Å². The Kier molecular flexibility index (Phi) is 5.82. The summed E-state index contributed by atoms with van der Waals surface area (Å²) < 4.78 is 11.2. The fraction of sp³-hybridized carbons (Fsp3) is 0.409. The van der Waals surface area contributed by atoms with E-state index in [1.54, 1.807) is 14.0 Å².